The van der Waals surface area contributed by atoms with Gasteiger partial charge >= 0.3 is 0 Å². The van der Waals surface area contributed by atoms with Crippen molar-refractivity contribution in [1.29, 1.82) is 0 Å². The fraction of sp³-hybridized carbons (Fsp3) is 0.267. The predicted octanol–water partition coefficient (Wildman–Crippen LogP) is 3.01. The molecule has 1 aliphatic rings. The molecule has 44 heavy (non-hydrogen) atoms. The third kappa shape index (κ3) is 4.68. The van der Waals surface area contributed by atoms with Crippen LogP contribution < -0.4 is 16.0 Å². The Bertz CT molecular complexity index is 1980. The largest absolute Gasteiger partial charge is 0.445 e. The first-order chi connectivity index (χ1) is 21.4. The van der Waals surface area contributed by atoms with E-state index in [1.807, 2.05) is 34.6 Å². The highest BCUT2D eigenvalue weighted by molar-refractivity contribution is 6.05. The molecule has 5 aromatic heterocycles. The summed E-state index contributed by atoms with van der Waals surface area (Å²) in [5.74, 6) is 0.519. The van der Waals surface area contributed by atoms with Crippen molar-refractivity contribution in [3.05, 3.63) is 72.1 Å². The second-order valence-corrected chi connectivity index (χ2v) is 10.6. The number of fused-ring (bicyclic) bond motifs is 3. The number of carbonyl (C=O) groups is 1. The molecule has 1 saturated heterocycles. The fourth-order valence-corrected chi connectivity index (χ4v) is 5.84. The average molecular weight is 596 g/mol. The van der Waals surface area contributed by atoms with Gasteiger partial charge in [-0.3, -0.25) is 14.7 Å². The van der Waals surface area contributed by atoms with Gasteiger partial charge in [0, 0.05) is 58.1 Å². The van der Waals surface area contributed by atoms with E-state index >= 15 is 0 Å². The molecule has 3 N–H and O–H groups in total. The molecule has 1 aromatic carbocycles. The van der Waals surface area contributed by atoms with Gasteiger partial charge in [-0.1, -0.05) is 6.07 Å². The van der Waals surface area contributed by atoms with Crippen LogP contribution >= 0.6 is 0 Å². The van der Waals surface area contributed by atoms with Crippen LogP contribution in [-0.4, -0.2) is 84.7 Å². The van der Waals surface area contributed by atoms with Gasteiger partial charge < -0.3 is 24.9 Å². The lowest BCUT2D eigenvalue weighted by Crippen LogP contribution is -2.47. The summed E-state index contributed by atoms with van der Waals surface area (Å²) in [4.78, 5) is 35.5. The van der Waals surface area contributed by atoms with Gasteiger partial charge in [0.15, 0.2) is 5.65 Å². The molecular formula is C30H30FN11O2. The van der Waals surface area contributed by atoms with Crippen LogP contribution in [0.4, 0.5) is 16.0 Å². The van der Waals surface area contributed by atoms with Gasteiger partial charge in [0.05, 0.1) is 17.3 Å². The number of nitrogens with two attached hydrogens (primary N) is 1. The maximum absolute atomic E-state index is 14.8. The minimum Gasteiger partial charge on any atom is -0.445 e. The summed E-state index contributed by atoms with van der Waals surface area (Å²) in [6, 6.07) is 10.4. The first-order valence-electron chi connectivity index (χ1n) is 14.3. The van der Waals surface area contributed by atoms with Crippen molar-refractivity contribution in [3.63, 3.8) is 0 Å². The minimum absolute atomic E-state index is 0.159. The third-order valence-electron chi connectivity index (χ3n) is 8.06. The highest BCUT2D eigenvalue weighted by Gasteiger charge is 2.27. The summed E-state index contributed by atoms with van der Waals surface area (Å²) in [6.45, 7) is 5.74. The Morgan fingerprint density at radius 2 is 1.89 bits per heavy atom. The van der Waals surface area contributed by atoms with Crippen LogP contribution in [0.3, 0.4) is 0 Å². The van der Waals surface area contributed by atoms with Gasteiger partial charge in [-0.25, -0.2) is 14.4 Å². The van der Waals surface area contributed by atoms with Gasteiger partial charge in [-0.05, 0) is 42.8 Å². The number of anilines is 2. The van der Waals surface area contributed by atoms with Gasteiger partial charge in [-0.15, -0.1) is 5.10 Å². The molecule has 0 bridgehead atoms. The van der Waals surface area contributed by atoms with E-state index in [2.05, 4.69) is 30.3 Å². The number of nitrogens with zero attached hydrogens (tertiary/aromatic N) is 9. The number of benzene rings is 1. The van der Waals surface area contributed by atoms with Crippen molar-refractivity contribution in [2.75, 3.05) is 50.4 Å². The highest BCUT2D eigenvalue weighted by Crippen LogP contribution is 2.31. The van der Waals surface area contributed by atoms with Crippen LogP contribution in [0.25, 0.3) is 39.7 Å². The molecule has 14 heteroatoms. The first kappa shape index (κ1) is 27.5. The standard InChI is InChI=1S/C30H30FN11O2/c1-18-23-26(37-30(32)42-27(23)36-25(38-42)21-5-3-4-8-34-21)41(24(18)28(43)33-2)15-12-39-10-13-40(14-11-39)22-17-19(6-7-20(22)31)29-35-9-16-44-29/h3-9,16-17H,10-15H2,1-2H3,(H2,32,37)(H,33,43). The number of piperazine rings is 1. The molecule has 0 unspecified atom stereocenters. The molecule has 13 nitrogen and oxygen atoms in total. The number of aromatic nitrogens is 7. The summed E-state index contributed by atoms with van der Waals surface area (Å²) in [7, 11) is 1.60. The Morgan fingerprint density at radius 3 is 2.61 bits per heavy atom. The van der Waals surface area contributed by atoms with Gasteiger partial charge in [0.25, 0.3) is 5.91 Å². The lowest BCUT2D eigenvalue weighted by atomic mass is 10.1. The Labute approximate surface area is 251 Å². The van der Waals surface area contributed by atoms with Crippen molar-refractivity contribution in [2.24, 2.45) is 0 Å². The number of hydrogen-bond acceptors (Lipinski definition) is 10. The van der Waals surface area contributed by atoms with Crippen LogP contribution in [-0.2, 0) is 6.54 Å². The van der Waals surface area contributed by atoms with E-state index in [4.69, 9.17) is 15.1 Å². The second-order valence-electron chi connectivity index (χ2n) is 10.6. The van der Waals surface area contributed by atoms with Crippen molar-refractivity contribution in [3.8, 4) is 23.0 Å². The highest BCUT2D eigenvalue weighted by atomic mass is 19.1. The molecular weight excluding hydrogens is 565 g/mol. The van der Waals surface area contributed by atoms with Crippen LogP contribution in [0, 0.1) is 12.7 Å². The normalized spacial score (nSPS) is 14.1. The quantitative estimate of drug-likeness (QED) is 0.282. The van der Waals surface area contributed by atoms with Crippen LogP contribution in [0.1, 0.15) is 16.1 Å². The molecule has 1 amide bonds. The van der Waals surface area contributed by atoms with Crippen LogP contribution in [0.2, 0.25) is 0 Å². The predicted molar refractivity (Wildman–Crippen MR) is 163 cm³/mol. The van der Waals surface area contributed by atoms with Crippen molar-refractivity contribution in [2.45, 2.75) is 13.5 Å². The lowest BCUT2D eigenvalue weighted by Gasteiger charge is -2.36. The topological polar surface area (TPSA) is 149 Å². The fourth-order valence-electron chi connectivity index (χ4n) is 5.84. The Hall–Kier alpha value is -5.37. The number of hydrogen-bond donors (Lipinski definition) is 2. The number of oxazole rings is 1. The molecule has 0 saturated carbocycles. The van der Waals surface area contributed by atoms with Crippen molar-refractivity contribution >= 4 is 34.2 Å². The molecule has 1 aliphatic heterocycles. The zero-order valence-electron chi connectivity index (χ0n) is 24.2. The summed E-state index contributed by atoms with van der Waals surface area (Å²) < 4.78 is 23.6. The van der Waals surface area contributed by atoms with E-state index in [1.54, 1.807) is 31.6 Å². The number of rotatable bonds is 7. The van der Waals surface area contributed by atoms with Crippen molar-refractivity contribution < 1.29 is 13.6 Å². The first-order valence-corrected chi connectivity index (χ1v) is 14.3. The van der Waals surface area contributed by atoms with E-state index in [-0.39, 0.29) is 17.7 Å². The van der Waals surface area contributed by atoms with Crippen LogP contribution in [0.15, 0.2) is 59.5 Å². The van der Waals surface area contributed by atoms with Gasteiger partial charge in [-0.2, -0.15) is 9.50 Å². The van der Waals surface area contributed by atoms with Crippen molar-refractivity contribution in [1.82, 2.24) is 44.3 Å². The average Bonchev–Trinajstić information content (AvgIpc) is 3.80. The van der Waals surface area contributed by atoms with E-state index in [9.17, 15) is 9.18 Å². The molecule has 224 valence electrons. The number of pyridine rings is 1. The molecule has 0 atom stereocenters. The molecule has 6 heterocycles. The Kier molecular flexibility index (Phi) is 6.89. The van der Waals surface area contributed by atoms with Gasteiger partial charge in [0.1, 0.15) is 29.1 Å². The van der Waals surface area contributed by atoms with E-state index in [1.165, 1.54) is 16.8 Å². The van der Waals surface area contributed by atoms with E-state index in [0.29, 0.717) is 84.7 Å². The van der Waals surface area contributed by atoms with E-state index < -0.39 is 0 Å². The lowest BCUT2D eigenvalue weighted by molar-refractivity contribution is 0.0952. The smallest absolute Gasteiger partial charge is 0.268 e. The summed E-state index contributed by atoms with van der Waals surface area (Å²) in [6.07, 6.45) is 4.75. The maximum Gasteiger partial charge on any atom is 0.268 e. The zero-order chi connectivity index (χ0) is 30.4. The molecule has 0 spiro atoms. The molecule has 6 aromatic rings. The maximum atomic E-state index is 14.8. The minimum atomic E-state index is -0.284. The number of carbonyl (C=O) groups excluding carboxylic acids is 1. The Balaban J connectivity index is 1.15. The number of nitrogen functional groups attached to an aromatic ring is 1. The number of nitrogens with one attached hydrogen (secondary N) is 1. The number of halogens is 1. The van der Waals surface area contributed by atoms with E-state index in [0.717, 1.165) is 11.1 Å². The monoisotopic (exact) mass is 595 g/mol. The zero-order valence-corrected chi connectivity index (χ0v) is 24.2. The SMILES string of the molecule is CNC(=O)c1c(C)c2c(nc(N)n3nc(-c4ccccn4)nc23)n1CCN1CCN(c2cc(-c3ncco3)ccc2F)CC1. The molecule has 7 rings (SSSR count). The summed E-state index contributed by atoms with van der Waals surface area (Å²) in [5.41, 5.74) is 10.5. The second kappa shape index (κ2) is 11.0. The molecule has 1 fully saturated rings. The number of amides is 1. The van der Waals surface area contributed by atoms with Gasteiger partial charge in [0.2, 0.25) is 17.7 Å². The summed E-state index contributed by atoms with van der Waals surface area (Å²) >= 11 is 0. The number of aryl methyl sites for hydroxylation is 1. The van der Waals surface area contributed by atoms with Crippen LogP contribution in [0.5, 0.6) is 0 Å². The summed E-state index contributed by atoms with van der Waals surface area (Å²) in [5, 5.41) is 8.02. The molecule has 0 aliphatic carbocycles. The third-order valence-corrected chi connectivity index (χ3v) is 8.06. The Morgan fingerprint density at radius 1 is 1.05 bits per heavy atom. The molecule has 0 radical (unpaired) electrons.